The predicted octanol–water partition coefficient (Wildman–Crippen LogP) is -0.172. The monoisotopic (exact) mass is 179 g/mol. The van der Waals surface area contributed by atoms with Crippen LogP contribution in [0, 0.1) is 0 Å². The van der Waals surface area contributed by atoms with Crippen molar-refractivity contribution >= 4 is 18.4 Å². The molecule has 1 fully saturated rings. The molecule has 1 heterocycles. The van der Waals surface area contributed by atoms with Crippen molar-refractivity contribution in [1.82, 2.24) is 10.6 Å². The van der Waals surface area contributed by atoms with Gasteiger partial charge in [-0.15, -0.1) is 12.4 Å². The summed E-state index contributed by atoms with van der Waals surface area (Å²) in [7, 11) is 0. The highest BCUT2D eigenvalue weighted by Crippen LogP contribution is 1.99. The molecular formula is C6H14ClN3O. The van der Waals surface area contributed by atoms with Crippen LogP contribution >= 0.6 is 12.4 Å². The van der Waals surface area contributed by atoms with E-state index in [9.17, 15) is 4.79 Å². The predicted molar refractivity (Wildman–Crippen MR) is 45.9 cm³/mol. The third-order valence-electron chi connectivity index (χ3n) is 1.64. The van der Waals surface area contributed by atoms with Crippen molar-refractivity contribution in [3.05, 3.63) is 0 Å². The molecule has 4 N–H and O–H groups in total. The number of piperidine rings is 1. The second-order valence-electron chi connectivity index (χ2n) is 2.55. The van der Waals surface area contributed by atoms with E-state index in [0.717, 1.165) is 25.9 Å². The molecule has 0 radical (unpaired) electrons. The van der Waals surface area contributed by atoms with Crippen LogP contribution in [0.4, 0.5) is 4.79 Å². The second-order valence-corrected chi connectivity index (χ2v) is 2.55. The quantitative estimate of drug-likeness (QED) is 0.523. The van der Waals surface area contributed by atoms with Crippen molar-refractivity contribution in [3.8, 4) is 0 Å². The van der Waals surface area contributed by atoms with Gasteiger partial charge in [0.05, 0.1) is 0 Å². The Morgan fingerprint density at radius 2 is 2.36 bits per heavy atom. The number of carbonyl (C=O) groups excluding carboxylic acids is 1. The molecule has 1 saturated heterocycles. The minimum Gasteiger partial charge on any atom is -0.352 e. The van der Waals surface area contributed by atoms with Gasteiger partial charge in [0.25, 0.3) is 0 Å². The third-order valence-corrected chi connectivity index (χ3v) is 1.64. The average Bonchev–Trinajstić information content (AvgIpc) is 1.88. The van der Waals surface area contributed by atoms with Crippen LogP contribution in [0.2, 0.25) is 0 Å². The van der Waals surface area contributed by atoms with E-state index in [1.165, 1.54) is 0 Å². The highest BCUT2D eigenvalue weighted by atomic mass is 35.5. The van der Waals surface area contributed by atoms with Crippen molar-refractivity contribution in [2.75, 3.05) is 13.1 Å². The van der Waals surface area contributed by atoms with Gasteiger partial charge in [0.15, 0.2) is 0 Å². The molecule has 0 aromatic rings. The van der Waals surface area contributed by atoms with Gasteiger partial charge in [-0.2, -0.15) is 0 Å². The molecule has 0 bridgehead atoms. The van der Waals surface area contributed by atoms with Crippen molar-refractivity contribution in [2.45, 2.75) is 18.9 Å². The molecule has 1 aliphatic heterocycles. The number of halogens is 1. The lowest BCUT2D eigenvalue weighted by atomic mass is 10.1. The fourth-order valence-electron chi connectivity index (χ4n) is 1.18. The Kier molecular flexibility index (Phi) is 4.98. The number of nitrogens with two attached hydrogens (primary N) is 1. The summed E-state index contributed by atoms with van der Waals surface area (Å²) in [5.74, 6) is 0. The van der Waals surface area contributed by atoms with Gasteiger partial charge in [-0.05, 0) is 19.4 Å². The Hall–Kier alpha value is -0.480. The first kappa shape index (κ1) is 10.5. The fraction of sp³-hybridized carbons (Fsp3) is 0.833. The highest BCUT2D eigenvalue weighted by molar-refractivity contribution is 5.85. The van der Waals surface area contributed by atoms with Crippen molar-refractivity contribution in [3.63, 3.8) is 0 Å². The van der Waals surface area contributed by atoms with Gasteiger partial charge in [0, 0.05) is 12.6 Å². The number of rotatable bonds is 1. The average molecular weight is 180 g/mol. The van der Waals surface area contributed by atoms with Crippen LogP contribution in [-0.2, 0) is 0 Å². The van der Waals surface area contributed by atoms with Crippen LogP contribution in [0.3, 0.4) is 0 Å². The summed E-state index contributed by atoms with van der Waals surface area (Å²) in [5.41, 5.74) is 4.95. The number of carbonyl (C=O) groups is 1. The summed E-state index contributed by atoms with van der Waals surface area (Å²) >= 11 is 0. The molecule has 2 amide bonds. The van der Waals surface area contributed by atoms with Gasteiger partial charge >= 0.3 is 6.03 Å². The molecule has 1 atom stereocenters. The van der Waals surface area contributed by atoms with Crippen molar-refractivity contribution in [1.29, 1.82) is 0 Å². The molecule has 0 aromatic heterocycles. The molecule has 0 aromatic carbocycles. The Labute approximate surface area is 72.3 Å². The summed E-state index contributed by atoms with van der Waals surface area (Å²) < 4.78 is 0. The molecule has 0 unspecified atom stereocenters. The molecule has 11 heavy (non-hydrogen) atoms. The Morgan fingerprint density at radius 3 is 2.82 bits per heavy atom. The Morgan fingerprint density at radius 1 is 1.64 bits per heavy atom. The smallest absolute Gasteiger partial charge is 0.312 e. The van der Waals surface area contributed by atoms with E-state index in [1.807, 2.05) is 0 Å². The highest BCUT2D eigenvalue weighted by Gasteiger charge is 2.12. The number of nitrogens with one attached hydrogen (secondary N) is 2. The largest absolute Gasteiger partial charge is 0.352 e. The number of urea groups is 1. The standard InChI is InChI=1S/C6H13N3O.ClH/c7-6(10)9-5-2-1-3-8-4-5;/h5,8H,1-4H2,(H3,7,9,10);1H/t5-;/m0./s1. The van der Waals surface area contributed by atoms with Crippen LogP contribution in [0.5, 0.6) is 0 Å². The zero-order valence-corrected chi connectivity index (χ0v) is 7.12. The summed E-state index contributed by atoms with van der Waals surface area (Å²) in [6, 6.07) is -0.181. The van der Waals surface area contributed by atoms with Gasteiger partial charge < -0.3 is 16.4 Å². The Bertz CT molecular complexity index is 125. The second kappa shape index (κ2) is 5.21. The van der Waals surface area contributed by atoms with Gasteiger partial charge in [-0.3, -0.25) is 0 Å². The van der Waals surface area contributed by atoms with E-state index in [4.69, 9.17) is 5.73 Å². The zero-order chi connectivity index (χ0) is 7.40. The molecule has 5 heteroatoms. The normalized spacial score (nSPS) is 23.5. The minimum atomic E-state index is -0.422. The number of amides is 2. The van der Waals surface area contributed by atoms with Gasteiger partial charge in [0.1, 0.15) is 0 Å². The lowest BCUT2D eigenvalue weighted by Crippen LogP contribution is -2.47. The van der Waals surface area contributed by atoms with E-state index >= 15 is 0 Å². The van der Waals surface area contributed by atoms with E-state index in [1.54, 1.807) is 0 Å². The SMILES string of the molecule is Cl.NC(=O)N[C@H]1CCCNC1. The van der Waals surface area contributed by atoms with Crippen LogP contribution in [0.1, 0.15) is 12.8 Å². The van der Waals surface area contributed by atoms with Gasteiger partial charge in [0.2, 0.25) is 0 Å². The minimum absolute atomic E-state index is 0. The van der Waals surface area contributed by atoms with E-state index in [2.05, 4.69) is 10.6 Å². The van der Waals surface area contributed by atoms with E-state index < -0.39 is 6.03 Å². The number of hydrogen-bond acceptors (Lipinski definition) is 2. The third kappa shape index (κ3) is 4.06. The lowest BCUT2D eigenvalue weighted by molar-refractivity contribution is 0.242. The van der Waals surface area contributed by atoms with Gasteiger partial charge in [-0.25, -0.2) is 4.79 Å². The maximum absolute atomic E-state index is 10.4. The summed E-state index contributed by atoms with van der Waals surface area (Å²) in [6.45, 7) is 1.90. The molecule has 4 nitrogen and oxygen atoms in total. The van der Waals surface area contributed by atoms with E-state index in [-0.39, 0.29) is 18.4 Å². The summed E-state index contributed by atoms with van der Waals surface area (Å²) in [5, 5.41) is 5.83. The molecule has 1 rings (SSSR count). The lowest BCUT2D eigenvalue weighted by Gasteiger charge is -2.22. The molecule has 0 spiro atoms. The van der Waals surface area contributed by atoms with Crippen LogP contribution in [0.15, 0.2) is 0 Å². The van der Waals surface area contributed by atoms with Crippen molar-refractivity contribution < 1.29 is 4.79 Å². The maximum atomic E-state index is 10.4. The first-order chi connectivity index (χ1) is 4.79. The molecule has 1 aliphatic rings. The van der Waals surface area contributed by atoms with Gasteiger partial charge in [-0.1, -0.05) is 0 Å². The Balaban J connectivity index is 0.000001000. The van der Waals surface area contributed by atoms with Crippen LogP contribution in [-0.4, -0.2) is 25.2 Å². The molecule has 0 aliphatic carbocycles. The van der Waals surface area contributed by atoms with Crippen molar-refractivity contribution in [2.24, 2.45) is 5.73 Å². The zero-order valence-electron chi connectivity index (χ0n) is 6.30. The fourth-order valence-corrected chi connectivity index (χ4v) is 1.18. The first-order valence-electron chi connectivity index (χ1n) is 3.56. The molecule has 0 saturated carbocycles. The molecule has 66 valence electrons. The van der Waals surface area contributed by atoms with Crippen LogP contribution < -0.4 is 16.4 Å². The number of hydrogen-bond donors (Lipinski definition) is 3. The van der Waals surface area contributed by atoms with Crippen LogP contribution in [0.25, 0.3) is 0 Å². The number of primary amides is 1. The molecular weight excluding hydrogens is 166 g/mol. The maximum Gasteiger partial charge on any atom is 0.312 e. The topological polar surface area (TPSA) is 67.2 Å². The van der Waals surface area contributed by atoms with E-state index in [0.29, 0.717) is 0 Å². The summed E-state index contributed by atoms with van der Waals surface area (Å²) in [6.07, 6.45) is 2.15. The first-order valence-corrected chi connectivity index (χ1v) is 3.56. The summed E-state index contributed by atoms with van der Waals surface area (Å²) in [4.78, 5) is 10.4.